The first-order chi connectivity index (χ1) is 12.1. The monoisotopic (exact) mass is 342 g/mol. The number of nitrogens with two attached hydrogens (primary N) is 1. The van der Waals surface area contributed by atoms with E-state index in [1.807, 2.05) is 12.1 Å². The third kappa shape index (κ3) is 4.38. The van der Waals surface area contributed by atoms with Crippen LogP contribution in [-0.4, -0.2) is 29.9 Å². The van der Waals surface area contributed by atoms with Crippen LogP contribution in [0.1, 0.15) is 37.7 Å². The molecule has 1 atom stereocenters. The molecule has 3 N–H and O–H groups in total. The van der Waals surface area contributed by atoms with Gasteiger partial charge in [-0.15, -0.1) is 0 Å². The lowest BCUT2D eigenvalue weighted by atomic mass is 9.93. The second-order valence-corrected chi connectivity index (χ2v) is 6.85. The van der Waals surface area contributed by atoms with Crippen LogP contribution in [0.3, 0.4) is 0 Å². The Morgan fingerprint density at radius 3 is 2.68 bits per heavy atom. The van der Waals surface area contributed by atoms with E-state index in [2.05, 4.69) is 27.4 Å². The standard InChI is InChI=1S/C19H26N4O2/c20-17(24)14-8-11-23(12-9-14)18-16(7-4-10-21-18)13-22-19(25)15-5-2-1-3-6-15/h1-2,4,7,10,14-15H,3,5-6,8-9,11-13H2,(H2,20,24)(H,22,25)/t15-/m1/s1. The van der Waals surface area contributed by atoms with Crippen molar-refractivity contribution in [3.05, 3.63) is 36.0 Å². The molecule has 0 unspecified atom stereocenters. The van der Waals surface area contributed by atoms with Crippen molar-refractivity contribution in [2.45, 2.75) is 38.6 Å². The Hall–Kier alpha value is -2.37. The Labute approximate surface area is 148 Å². The van der Waals surface area contributed by atoms with Crippen molar-refractivity contribution in [2.24, 2.45) is 17.6 Å². The number of allylic oxidation sites excluding steroid dienone is 2. The van der Waals surface area contributed by atoms with Crippen molar-refractivity contribution in [1.29, 1.82) is 0 Å². The number of carbonyl (C=O) groups excluding carboxylic acids is 2. The van der Waals surface area contributed by atoms with Gasteiger partial charge in [-0.05, 0) is 38.2 Å². The van der Waals surface area contributed by atoms with E-state index >= 15 is 0 Å². The molecule has 0 aromatic carbocycles. The Balaban J connectivity index is 1.60. The number of anilines is 1. The quantitative estimate of drug-likeness (QED) is 0.798. The van der Waals surface area contributed by atoms with Crippen molar-refractivity contribution in [2.75, 3.05) is 18.0 Å². The van der Waals surface area contributed by atoms with Gasteiger partial charge in [-0.1, -0.05) is 18.2 Å². The van der Waals surface area contributed by atoms with Crippen LogP contribution >= 0.6 is 0 Å². The van der Waals surface area contributed by atoms with Gasteiger partial charge in [-0.25, -0.2) is 4.98 Å². The number of pyridine rings is 1. The lowest BCUT2D eigenvalue weighted by Gasteiger charge is -2.32. The highest BCUT2D eigenvalue weighted by Gasteiger charge is 2.25. The van der Waals surface area contributed by atoms with Crippen molar-refractivity contribution >= 4 is 17.6 Å². The fraction of sp³-hybridized carbons (Fsp3) is 0.526. The normalized spacial score (nSPS) is 21.1. The van der Waals surface area contributed by atoms with E-state index in [9.17, 15) is 9.59 Å². The highest BCUT2D eigenvalue weighted by Crippen LogP contribution is 2.25. The number of carbonyl (C=O) groups is 2. The molecule has 0 spiro atoms. The van der Waals surface area contributed by atoms with Crippen LogP contribution in [-0.2, 0) is 16.1 Å². The summed E-state index contributed by atoms with van der Waals surface area (Å²) in [7, 11) is 0. The summed E-state index contributed by atoms with van der Waals surface area (Å²) < 4.78 is 0. The first kappa shape index (κ1) is 17.5. The maximum absolute atomic E-state index is 12.3. The van der Waals surface area contributed by atoms with E-state index in [4.69, 9.17) is 5.73 Å². The second-order valence-electron chi connectivity index (χ2n) is 6.85. The summed E-state index contributed by atoms with van der Waals surface area (Å²) in [5.41, 5.74) is 6.42. The molecular weight excluding hydrogens is 316 g/mol. The van der Waals surface area contributed by atoms with Crippen LogP contribution in [0.15, 0.2) is 30.5 Å². The second kappa shape index (κ2) is 8.14. The summed E-state index contributed by atoms with van der Waals surface area (Å²) in [6.45, 7) is 2.01. The lowest BCUT2D eigenvalue weighted by molar-refractivity contribution is -0.125. The van der Waals surface area contributed by atoms with E-state index in [-0.39, 0.29) is 23.7 Å². The average Bonchev–Trinajstić information content (AvgIpc) is 2.67. The Kier molecular flexibility index (Phi) is 5.68. The zero-order valence-electron chi connectivity index (χ0n) is 14.5. The Morgan fingerprint density at radius 2 is 2.00 bits per heavy atom. The molecule has 25 heavy (non-hydrogen) atoms. The number of nitrogens with one attached hydrogen (secondary N) is 1. The highest BCUT2D eigenvalue weighted by molar-refractivity contribution is 5.79. The molecule has 134 valence electrons. The molecule has 2 amide bonds. The largest absolute Gasteiger partial charge is 0.369 e. The SMILES string of the molecule is NC(=O)C1CCN(c2ncccc2CNC(=O)[C@@H]2CC=CCC2)CC1. The number of hydrogen-bond donors (Lipinski definition) is 2. The molecule has 1 fully saturated rings. The zero-order chi connectivity index (χ0) is 17.6. The zero-order valence-corrected chi connectivity index (χ0v) is 14.5. The van der Waals surface area contributed by atoms with Crippen LogP contribution in [0.25, 0.3) is 0 Å². The molecule has 3 rings (SSSR count). The lowest BCUT2D eigenvalue weighted by Crippen LogP contribution is -2.39. The molecule has 1 aliphatic carbocycles. The minimum atomic E-state index is -0.213. The molecule has 0 radical (unpaired) electrons. The molecule has 6 heteroatoms. The highest BCUT2D eigenvalue weighted by atomic mass is 16.2. The number of aromatic nitrogens is 1. The molecule has 1 saturated heterocycles. The average molecular weight is 342 g/mol. The van der Waals surface area contributed by atoms with Crippen molar-refractivity contribution in [3.8, 4) is 0 Å². The fourth-order valence-corrected chi connectivity index (χ4v) is 3.59. The number of amides is 2. The van der Waals surface area contributed by atoms with Gasteiger partial charge in [-0.2, -0.15) is 0 Å². The van der Waals surface area contributed by atoms with Crippen molar-refractivity contribution in [1.82, 2.24) is 10.3 Å². The number of hydrogen-bond acceptors (Lipinski definition) is 4. The van der Waals surface area contributed by atoms with E-state index in [0.717, 1.165) is 56.6 Å². The molecule has 1 aliphatic heterocycles. The van der Waals surface area contributed by atoms with E-state index in [1.54, 1.807) is 6.20 Å². The summed E-state index contributed by atoms with van der Waals surface area (Å²) in [6, 6.07) is 3.90. The van der Waals surface area contributed by atoms with Gasteiger partial charge in [-0.3, -0.25) is 9.59 Å². The molecule has 2 heterocycles. The van der Waals surface area contributed by atoms with Gasteiger partial charge in [0.1, 0.15) is 5.82 Å². The first-order valence-corrected chi connectivity index (χ1v) is 9.06. The molecule has 1 aromatic rings. The summed E-state index contributed by atoms with van der Waals surface area (Å²) in [5.74, 6) is 0.842. The number of nitrogens with zero attached hydrogens (tertiary/aromatic N) is 2. The molecular formula is C19H26N4O2. The predicted molar refractivity (Wildman–Crippen MR) is 96.7 cm³/mol. The maximum atomic E-state index is 12.3. The third-order valence-corrected chi connectivity index (χ3v) is 5.16. The van der Waals surface area contributed by atoms with E-state index < -0.39 is 0 Å². The predicted octanol–water partition coefficient (Wildman–Crippen LogP) is 1.76. The molecule has 1 aromatic heterocycles. The van der Waals surface area contributed by atoms with Crippen LogP contribution in [0, 0.1) is 11.8 Å². The maximum Gasteiger partial charge on any atom is 0.223 e. The molecule has 6 nitrogen and oxygen atoms in total. The smallest absolute Gasteiger partial charge is 0.223 e. The van der Waals surface area contributed by atoms with Crippen molar-refractivity contribution < 1.29 is 9.59 Å². The van der Waals surface area contributed by atoms with Crippen LogP contribution in [0.4, 0.5) is 5.82 Å². The van der Waals surface area contributed by atoms with Crippen molar-refractivity contribution in [3.63, 3.8) is 0 Å². The molecule has 0 saturated carbocycles. The van der Waals surface area contributed by atoms with Gasteiger partial charge < -0.3 is 16.0 Å². The minimum Gasteiger partial charge on any atom is -0.369 e. The first-order valence-electron chi connectivity index (χ1n) is 9.06. The number of rotatable bonds is 5. The summed E-state index contributed by atoms with van der Waals surface area (Å²) >= 11 is 0. The van der Waals surface area contributed by atoms with Gasteiger partial charge >= 0.3 is 0 Å². The number of piperidine rings is 1. The van der Waals surface area contributed by atoms with Gasteiger partial charge in [0, 0.05) is 43.2 Å². The van der Waals surface area contributed by atoms with E-state index in [0.29, 0.717) is 6.54 Å². The molecule has 2 aliphatic rings. The van der Waals surface area contributed by atoms with Gasteiger partial charge in [0.05, 0.1) is 0 Å². The van der Waals surface area contributed by atoms with Crippen LogP contribution in [0.5, 0.6) is 0 Å². The van der Waals surface area contributed by atoms with Gasteiger partial charge in [0.2, 0.25) is 11.8 Å². The van der Waals surface area contributed by atoms with Gasteiger partial charge in [0.15, 0.2) is 0 Å². The summed E-state index contributed by atoms with van der Waals surface area (Å²) in [4.78, 5) is 30.4. The van der Waals surface area contributed by atoms with Crippen LogP contribution in [0.2, 0.25) is 0 Å². The van der Waals surface area contributed by atoms with Crippen LogP contribution < -0.4 is 16.0 Å². The summed E-state index contributed by atoms with van der Waals surface area (Å²) in [5, 5.41) is 3.06. The fourth-order valence-electron chi connectivity index (χ4n) is 3.59. The van der Waals surface area contributed by atoms with Gasteiger partial charge in [0.25, 0.3) is 0 Å². The topological polar surface area (TPSA) is 88.3 Å². The summed E-state index contributed by atoms with van der Waals surface area (Å²) in [6.07, 6.45) is 10.2. The number of primary amides is 1. The Bertz CT molecular complexity index is 651. The third-order valence-electron chi connectivity index (χ3n) is 5.16. The molecule has 0 bridgehead atoms. The minimum absolute atomic E-state index is 0.0394. The Morgan fingerprint density at radius 1 is 1.20 bits per heavy atom. The van der Waals surface area contributed by atoms with E-state index in [1.165, 1.54) is 0 Å².